The molecule has 0 saturated carbocycles. The zero-order valence-corrected chi connectivity index (χ0v) is 15.9. The van der Waals surface area contributed by atoms with Crippen LogP contribution in [0.15, 0.2) is 59.8 Å². The molecule has 3 nitrogen and oxygen atoms in total. The number of carbonyl (C=O) groups excluding carboxylic acids is 1. The molecule has 3 rings (SSSR count). The summed E-state index contributed by atoms with van der Waals surface area (Å²) in [5, 5.41) is 0. The molecule has 2 atom stereocenters. The molecule has 0 aliphatic carbocycles. The summed E-state index contributed by atoms with van der Waals surface area (Å²) >= 11 is 0. The first-order valence-corrected chi connectivity index (χ1v) is 8.98. The fourth-order valence-corrected chi connectivity index (χ4v) is 3.95. The summed E-state index contributed by atoms with van der Waals surface area (Å²) in [7, 11) is 0. The van der Waals surface area contributed by atoms with Gasteiger partial charge in [-0.2, -0.15) is 0 Å². The topological polar surface area (TPSA) is 23.6 Å². The van der Waals surface area contributed by atoms with Crippen LogP contribution < -0.4 is 4.90 Å². The van der Waals surface area contributed by atoms with Gasteiger partial charge in [-0.15, -0.1) is 0 Å². The minimum Gasteiger partial charge on any atom is -0.346 e. The lowest BCUT2D eigenvalue weighted by Gasteiger charge is -2.37. The van der Waals surface area contributed by atoms with Gasteiger partial charge in [0.05, 0.1) is 5.41 Å². The number of anilines is 1. The van der Waals surface area contributed by atoms with Crippen molar-refractivity contribution in [2.24, 2.45) is 0 Å². The quantitative estimate of drug-likeness (QED) is 0.740. The first kappa shape index (κ1) is 17.5. The van der Waals surface area contributed by atoms with Crippen molar-refractivity contribution in [2.45, 2.75) is 52.6 Å². The number of rotatable bonds is 4. The van der Waals surface area contributed by atoms with E-state index < -0.39 is 0 Å². The van der Waals surface area contributed by atoms with Gasteiger partial charge in [-0.3, -0.25) is 9.69 Å². The molecule has 1 unspecified atom stereocenters. The number of hydrogen-bond donors (Lipinski definition) is 0. The molecule has 2 heterocycles. The van der Waals surface area contributed by atoms with Crippen molar-refractivity contribution in [1.82, 2.24) is 4.90 Å². The van der Waals surface area contributed by atoms with Crippen LogP contribution in [-0.2, 0) is 10.2 Å². The van der Waals surface area contributed by atoms with E-state index >= 15 is 0 Å². The minimum atomic E-state index is -0.172. The molecule has 0 saturated heterocycles. The van der Waals surface area contributed by atoms with Crippen LogP contribution in [0.5, 0.6) is 0 Å². The molecule has 0 aromatic heterocycles. The van der Waals surface area contributed by atoms with Gasteiger partial charge in [-0.25, -0.2) is 0 Å². The highest BCUT2D eigenvalue weighted by Gasteiger charge is 2.54. The number of nitrogens with zero attached hydrogens (tertiary/aromatic N) is 2. The summed E-state index contributed by atoms with van der Waals surface area (Å²) in [6.07, 6.45) is 9.67. The number of hydrogen-bond acceptors (Lipinski definition) is 2. The van der Waals surface area contributed by atoms with Crippen LogP contribution in [0.1, 0.15) is 46.6 Å². The second-order valence-corrected chi connectivity index (χ2v) is 7.59. The number of benzene rings is 1. The molecular formula is C22H28N2O. The first-order valence-electron chi connectivity index (χ1n) is 8.98. The molecule has 0 N–H and O–H groups in total. The van der Waals surface area contributed by atoms with Crippen molar-refractivity contribution < 1.29 is 4.79 Å². The van der Waals surface area contributed by atoms with Gasteiger partial charge in [-0.1, -0.05) is 47.6 Å². The third kappa shape index (κ3) is 2.92. The largest absolute Gasteiger partial charge is 0.346 e. The summed E-state index contributed by atoms with van der Waals surface area (Å²) in [5.41, 5.74) is 4.99. The third-order valence-corrected chi connectivity index (χ3v) is 5.17. The molecule has 3 heteroatoms. The summed E-state index contributed by atoms with van der Waals surface area (Å²) < 4.78 is 0. The number of amides is 1. The van der Waals surface area contributed by atoms with Crippen LogP contribution in [0.4, 0.5) is 5.69 Å². The number of allylic oxidation sites excluding steroid dienone is 3. The van der Waals surface area contributed by atoms with Crippen molar-refractivity contribution in [3.63, 3.8) is 0 Å². The summed E-state index contributed by atoms with van der Waals surface area (Å²) in [6.45, 7) is 11.0. The monoisotopic (exact) mass is 336 g/mol. The first-order chi connectivity index (χ1) is 11.9. The Morgan fingerprint density at radius 2 is 1.76 bits per heavy atom. The van der Waals surface area contributed by atoms with Crippen LogP contribution >= 0.6 is 0 Å². The highest BCUT2D eigenvalue weighted by atomic mass is 16.2. The van der Waals surface area contributed by atoms with E-state index in [1.165, 1.54) is 22.4 Å². The molecule has 1 aromatic carbocycles. The lowest BCUT2D eigenvalue weighted by Crippen LogP contribution is -2.51. The van der Waals surface area contributed by atoms with Gasteiger partial charge in [0.2, 0.25) is 5.91 Å². The Balaban J connectivity index is 2.14. The number of fused-ring (bicyclic) bond motifs is 3. The molecule has 132 valence electrons. The molecule has 2 aliphatic rings. The van der Waals surface area contributed by atoms with Crippen molar-refractivity contribution in [3.05, 3.63) is 65.4 Å². The Labute approximate surface area is 151 Å². The van der Waals surface area contributed by atoms with Gasteiger partial charge in [0.25, 0.3) is 0 Å². The van der Waals surface area contributed by atoms with Crippen LogP contribution in [0.2, 0.25) is 0 Å². The van der Waals surface area contributed by atoms with Gasteiger partial charge in [0.15, 0.2) is 0 Å². The van der Waals surface area contributed by atoms with E-state index in [2.05, 4.69) is 75.1 Å². The smallest absolute Gasteiger partial charge is 0.225 e. The molecule has 0 bridgehead atoms. The van der Waals surface area contributed by atoms with E-state index in [9.17, 15) is 4.79 Å². The summed E-state index contributed by atoms with van der Waals surface area (Å²) in [6, 6.07) is 8.60. The van der Waals surface area contributed by atoms with E-state index in [0.29, 0.717) is 0 Å². The van der Waals surface area contributed by atoms with Gasteiger partial charge in [0.1, 0.15) is 6.17 Å². The molecular weight excluding hydrogens is 308 g/mol. The predicted octanol–water partition coefficient (Wildman–Crippen LogP) is 4.77. The van der Waals surface area contributed by atoms with Crippen molar-refractivity contribution in [3.8, 4) is 0 Å². The zero-order valence-electron chi connectivity index (χ0n) is 15.9. The lowest BCUT2D eigenvalue weighted by atomic mass is 9.77. The zero-order chi connectivity index (χ0) is 18.2. The highest BCUT2D eigenvalue weighted by Crippen LogP contribution is 2.52. The van der Waals surface area contributed by atoms with Gasteiger partial charge < -0.3 is 4.90 Å². The predicted molar refractivity (Wildman–Crippen MR) is 104 cm³/mol. The fraction of sp³-hybridized carbons (Fsp3) is 0.409. The maximum atomic E-state index is 12.3. The second kappa shape index (κ2) is 6.55. The summed E-state index contributed by atoms with van der Waals surface area (Å²) in [4.78, 5) is 16.6. The number of carbonyl (C=O) groups is 1. The van der Waals surface area contributed by atoms with E-state index in [1.54, 1.807) is 6.92 Å². The maximum Gasteiger partial charge on any atom is 0.225 e. The molecule has 1 amide bonds. The fourth-order valence-electron chi connectivity index (χ4n) is 3.95. The average Bonchev–Trinajstić information content (AvgIpc) is 3.05. The Kier molecular flexibility index (Phi) is 4.59. The molecule has 2 aliphatic heterocycles. The van der Waals surface area contributed by atoms with Crippen LogP contribution in [-0.4, -0.2) is 23.5 Å². The van der Waals surface area contributed by atoms with E-state index in [-0.39, 0.29) is 17.5 Å². The van der Waals surface area contributed by atoms with E-state index in [1.807, 2.05) is 11.1 Å². The van der Waals surface area contributed by atoms with Crippen LogP contribution in [0.3, 0.4) is 0 Å². The van der Waals surface area contributed by atoms with Gasteiger partial charge in [0, 0.05) is 25.4 Å². The molecule has 0 fully saturated rings. The van der Waals surface area contributed by atoms with Crippen molar-refractivity contribution in [2.75, 3.05) is 11.4 Å². The second-order valence-electron chi connectivity index (χ2n) is 7.59. The summed E-state index contributed by atoms with van der Waals surface area (Å²) in [5.74, 6) is 0.0929. The minimum absolute atomic E-state index is 0.00796. The van der Waals surface area contributed by atoms with Gasteiger partial charge in [-0.05, 0) is 45.7 Å². The van der Waals surface area contributed by atoms with E-state index in [4.69, 9.17) is 0 Å². The van der Waals surface area contributed by atoms with Crippen molar-refractivity contribution >= 4 is 11.6 Å². The van der Waals surface area contributed by atoms with Crippen molar-refractivity contribution in [1.29, 1.82) is 0 Å². The normalized spacial score (nSPS) is 23.3. The van der Waals surface area contributed by atoms with E-state index in [0.717, 1.165) is 13.0 Å². The lowest BCUT2D eigenvalue weighted by molar-refractivity contribution is -0.128. The maximum absolute atomic E-state index is 12.3. The Morgan fingerprint density at radius 1 is 1.08 bits per heavy atom. The Hall–Kier alpha value is -2.29. The van der Waals surface area contributed by atoms with Gasteiger partial charge >= 0.3 is 0 Å². The Morgan fingerprint density at radius 3 is 2.40 bits per heavy atom. The molecule has 0 spiro atoms. The van der Waals surface area contributed by atoms with Crippen LogP contribution in [0.25, 0.3) is 0 Å². The highest BCUT2D eigenvalue weighted by molar-refractivity contribution is 5.79. The average molecular weight is 336 g/mol. The SMILES string of the molecule is CC(=O)N1C=C[C@@]2(CC=C(C)C)c3ccccc3N(CC=C(C)C)C12. The standard InChI is InChI=1S/C22H28N2O/c1-16(2)10-12-22-13-15-23(18(5)25)21(22)24(14-11-17(3)4)20-9-7-6-8-19(20)22/h6-11,13,15,21H,12,14H2,1-5H3/t21?,22-/m0/s1. The van der Waals surface area contributed by atoms with Crippen LogP contribution in [0, 0.1) is 0 Å². The molecule has 1 aromatic rings. The molecule has 25 heavy (non-hydrogen) atoms. The number of para-hydroxylation sites is 1. The third-order valence-electron chi connectivity index (χ3n) is 5.17. The molecule has 0 radical (unpaired) electrons. The Bertz CT molecular complexity index is 766.